The average molecular weight is 190 g/mol. The zero-order chi connectivity index (χ0) is 9.19. The van der Waals surface area contributed by atoms with Crippen molar-refractivity contribution in [3.63, 3.8) is 0 Å². The minimum atomic E-state index is -0.168. The van der Waals surface area contributed by atoms with Gasteiger partial charge >= 0.3 is 5.97 Å². The first-order valence-electron chi connectivity index (χ1n) is 3.88. The first-order chi connectivity index (χ1) is 5.56. The van der Waals surface area contributed by atoms with E-state index in [-0.39, 0.29) is 11.6 Å². The van der Waals surface area contributed by atoms with E-state index >= 15 is 0 Å². The lowest BCUT2D eigenvalue weighted by atomic mass is 10.2. The molecule has 1 unspecified atom stereocenters. The molecule has 70 valence electrons. The third-order valence-electron chi connectivity index (χ3n) is 1.88. The Kier molecular flexibility index (Phi) is 3.01. The zero-order valence-corrected chi connectivity index (χ0v) is 8.44. The Morgan fingerprint density at radius 2 is 2.25 bits per heavy atom. The van der Waals surface area contributed by atoms with Crippen LogP contribution in [0.1, 0.15) is 13.8 Å². The molecule has 0 bridgehead atoms. The van der Waals surface area contributed by atoms with Crippen LogP contribution in [0.15, 0.2) is 0 Å². The van der Waals surface area contributed by atoms with Crippen molar-refractivity contribution in [2.24, 2.45) is 0 Å². The average Bonchev–Trinajstić information content (AvgIpc) is 2.59. The standard InChI is InChI=1S/C8H14O3S/c1-8(2)6(11-8)4-12-5-7(9)10-3/h6H,4-5H2,1-3H3. The van der Waals surface area contributed by atoms with Crippen LogP contribution in [0.4, 0.5) is 0 Å². The summed E-state index contributed by atoms with van der Waals surface area (Å²) in [5.74, 6) is 1.13. The highest BCUT2D eigenvalue weighted by Gasteiger charge is 2.47. The van der Waals surface area contributed by atoms with Crippen LogP contribution in [-0.2, 0) is 14.3 Å². The Labute approximate surface area is 76.8 Å². The Bertz CT molecular complexity index is 179. The van der Waals surface area contributed by atoms with Crippen molar-refractivity contribution in [2.75, 3.05) is 18.6 Å². The van der Waals surface area contributed by atoms with Crippen LogP contribution in [0.5, 0.6) is 0 Å². The molecule has 0 N–H and O–H groups in total. The minimum absolute atomic E-state index is 0.0309. The highest BCUT2D eigenvalue weighted by Crippen LogP contribution is 2.37. The summed E-state index contributed by atoms with van der Waals surface area (Å²) in [5, 5.41) is 0. The van der Waals surface area contributed by atoms with Crippen molar-refractivity contribution in [1.29, 1.82) is 0 Å². The summed E-state index contributed by atoms with van der Waals surface area (Å²) < 4.78 is 9.85. The van der Waals surface area contributed by atoms with Gasteiger partial charge in [-0.1, -0.05) is 0 Å². The number of ether oxygens (including phenoxy) is 2. The van der Waals surface area contributed by atoms with Crippen LogP contribution in [0.2, 0.25) is 0 Å². The number of epoxide rings is 1. The lowest BCUT2D eigenvalue weighted by Crippen LogP contribution is -2.08. The van der Waals surface area contributed by atoms with Gasteiger partial charge in [0.15, 0.2) is 0 Å². The molecule has 0 saturated carbocycles. The lowest BCUT2D eigenvalue weighted by molar-refractivity contribution is -0.137. The summed E-state index contributed by atoms with van der Waals surface area (Å²) in [5.41, 5.74) is 0.0309. The second kappa shape index (κ2) is 3.66. The third-order valence-corrected chi connectivity index (χ3v) is 2.86. The topological polar surface area (TPSA) is 38.8 Å². The predicted molar refractivity (Wildman–Crippen MR) is 48.3 cm³/mol. The predicted octanol–water partition coefficient (Wildman–Crippen LogP) is 1.07. The van der Waals surface area contributed by atoms with Crippen LogP contribution < -0.4 is 0 Å². The van der Waals surface area contributed by atoms with Gasteiger partial charge in [0.2, 0.25) is 0 Å². The van der Waals surface area contributed by atoms with Crippen molar-refractivity contribution in [3.8, 4) is 0 Å². The highest BCUT2D eigenvalue weighted by molar-refractivity contribution is 7.99. The molecule has 1 saturated heterocycles. The van der Waals surface area contributed by atoms with Crippen LogP contribution in [0.3, 0.4) is 0 Å². The first kappa shape index (κ1) is 9.86. The molecule has 1 aliphatic heterocycles. The van der Waals surface area contributed by atoms with E-state index in [0.717, 1.165) is 5.75 Å². The largest absolute Gasteiger partial charge is 0.468 e. The molecule has 0 aromatic carbocycles. The van der Waals surface area contributed by atoms with Gasteiger partial charge in [-0.2, -0.15) is 0 Å². The number of thioether (sulfide) groups is 1. The fourth-order valence-corrected chi connectivity index (χ4v) is 1.96. The maximum atomic E-state index is 10.7. The van der Waals surface area contributed by atoms with Gasteiger partial charge in [-0.3, -0.25) is 4.79 Å². The monoisotopic (exact) mass is 190 g/mol. The normalized spacial score (nSPS) is 25.1. The molecule has 1 heterocycles. The number of carbonyl (C=O) groups is 1. The summed E-state index contributed by atoms with van der Waals surface area (Å²) in [7, 11) is 1.40. The van der Waals surface area contributed by atoms with E-state index in [1.807, 2.05) is 0 Å². The van der Waals surface area contributed by atoms with Crippen LogP contribution in [0, 0.1) is 0 Å². The van der Waals surface area contributed by atoms with E-state index in [4.69, 9.17) is 4.74 Å². The lowest BCUT2D eigenvalue weighted by Gasteiger charge is -1.98. The molecule has 1 aliphatic rings. The number of hydrogen-bond acceptors (Lipinski definition) is 4. The maximum absolute atomic E-state index is 10.7. The number of rotatable bonds is 4. The molecule has 0 radical (unpaired) electrons. The summed E-state index contributed by atoms with van der Waals surface area (Å²) >= 11 is 1.56. The second-order valence-electron chi connectivity index (χ2n) is 3.30. The van der Waals surface area contributed by atoms with Gasteiger partial charge in [0.25, 0.3) is 0 Å². The maximum Gasteiger partial charge on any atom is 0.315 e. The molecule has 1 rings (SSSR count). The summed E-state index contributed by atoms with van der Waals surface area (Å²) in [6.07, 6.45) is 0.312. The SMILES string of the molecule is COC(=O)CSCC1OC1(C)C. The fraction of sp³-hybridized carbons (Fsp3) is 0.875. The number of hydrogen-bond donors (Lipinski definition) is 0. The van der Waals surface area contributed by atoms with Gasteiger partial charge in [-0.25, -0.2) is 0 Å². The summed E-state index contributed by atoms with van der Waals surface area (Å²) in [6, 6.07) is 0. The van der Waals surface area contributed by atoms with Crippen LogP contribution >= 0.6 is 11.8 Å². The van der Waals surface area contributed by atoms with E-state index in [0.29, 0.717) is 11.9 Å². The minimum Gasteiger partial charge on any atom is -0.468 e. The molecule has 0 amide bonds. The van der Waals surface area contributed by atoms with Gasteiger partial charge in [0.1, 0.15) is 0 Å². The molecule has 0 spiro atoms. The van der Waals surface area contributed by atoms with Crippen molar-refractivity contribution in [2.45, 2.75) is 25.6 Å². The fourth-order valence-electron chi connectivity index (χ4n) is 0.876. The van der Waals surface area contributed by atoms with Crippen LogP contribution in [-0.4, -0.2) is 36.3 Å². The molecular formula is C8H14O3S. The van der Waals surface area contributed by atoms with E-state index in [1.165, 1.54) is 7.11 Å². The van der Waals surface area contributed by atoms with Crippen molar-refractivity contribution in [1.82, 2.24) is 0 Å². The van der Waals surface area contributed by atoms with Crippen molar-refractivity contribution in [3.05, 3.63) is 0 Å². The van der Waals surface area contributed by atoms with Gasteiger partial charge in [-0.05, 0) is 13.8 Å². The van der Waals surface area contributed by atoms with E-state index < -0.39 is 0 Å². The van der Waals surface area contributed by atoms with Gasteiger partial charge in [0.05, 0.1) is 24.6 Å². The number of carbonyl (C=O) groups excluding carboxylic acids is 1. The smallest absolute Gasteiger partial charge is 0.315 e. The quantitative estimate of drug-likeness (QED) is 0.491. The molecule has 1 atom stereocenters. The molecule has 0 aromatic rings. The summed E-state index contributed by atoms with van der Waals surface area (Å²) in [6.45, 7) is 4.10. The molecular weight excluding hydrogens is 176 g/mol. The van der Waals surface area contributed by atoms with Crippen LogP contribution in [0.25, 0.3) is 0 Å². The second-order valence-corrected chi connectivity index (χ2v) is 4.33. The highest BCUT2D eigenvalue weighted by atomic mass is 32.2. The van der Waals surface area contributed by atoms with Gasteiger partial charge in [0, 0.05) is 5.75 Å². The Morgan fingerprint density at radius 1 is 1.67 bits per heavy atom. The van der Waals surface area contributed by atoms with Crippen molar-refractivity contribution >= 4 is 17.7 Å². The van der Waals surface area contributed by atoms with Gasteiger partial charge < -0.3 is 9.47 Å². The molecule has 0 aromatic heterocycles. The molecule has 4 heteroatoms. The van der Waals surface area contributed by atoms with E-state index in [1.54, 1.807) is 11.8 Å². The van der Waals surface area contributed by atoms with Crippen molar-refractivity contribution < 1.29 is 14.3 Å². The molecule has 1 fully saturated rings. The Balaban J connectivity index is 2.01. The third kappa shape index (κ3) is 2.68. The zero-order valence-electron chi connectivity index (χ0n) is 7.62. The van der Waals surface area contributed by atoms with Gasteiger partial charge in [-0.15, -0.1) is 11.8 Å². The summed E-state index contributed by atoms with van der Waals surface area (Å²) in [4.78, 5) is 10.7. The number of esters is 1. The Morgan fingerprint density at radius 3 is 2.67 bits per heavy atom. The molecule has 3 nitrogen and oxygen atoms in total. The Hall–Kier alpha value is -0.220. The van der Waals surface area contributed by atoms with E-state index in [2.05, 4.69) is 18.6 Å². The molecule has 12 heavy (non-hydrogen) atoms. The number of methoxy groups -OCH3 is 1. The van der Waals surface area contributed by atoms with E-state index in [9.17, 15) is 4.79 Å². The molecule has 0 aliphatic carbocycles. The first-order valence-corrected chi connectivity index (χ1v) is 5.04.